The highest BCUT2D eigenvalue weighted by Crippen LogP contribution is 2.29. The van der Waals surface area contributed by atoms with Gasteiger partial charge in [0.1, 0.15) is 0 Å². The molecule has 66 valence electrons. The summed E-state index contributed by atoms with van der Waals surface area (Å²) in [5, 5.41) is 0. The minimum Gasteiger partial charge on any atom is -0.126 e. The summed E-state index contributed by atoms with van der Waals surface area (Å²) in [6.45, 7) is 2.31. The molecule has 1 heteroatoms. The summed E-state index contributed by atoms with van der Waals surface area (Å²) in [7, 11) is 0. The minimum atomic E-state index is 0.827. The van der Waals surface area contributed by atoms with Gasteiger partial charge in [-0.3, -0.25) is 0 Å². The van der Waals surface area contributed by atoms with E-state index in [2.05, 4.69) is 6.92 Å². The number of hydrogen-bond acceptors (Lipinski definition) is 0. The average molecular weight is 175 g/mol. The predicted molar refractivity (Wildman–Crippen MR) is 51.1 cm³/mol. The molecule has 0 radical (unpaired) electrons. The van der Waals surface area contributed by atoms with Crippen molar-refractivity contribution in [2.24, 2.45) is 11.8 Å². The van der Waals surface area contributed by atoms with E-state index in [0.29, 0.717) is 0 Å². The van der Waals surface area contributed by atoms with Crippen LogP contribution in [0.5, 0.6) is 0 Å². The Labute approximate surface area is 75.3 Å². The van der Waals surface area contributed by atoms with E-state index in [0.717, 1.165) is 17.7 Å². The smallest absolute Gasteiger partial charge is 0.0251 e. The number of hydrogen-bond donors (Lipinski definition) is 0. The Morgan fingerprint density at radius 1 is 1.09 bits per heavy atom. The Bertz CT molecular complexity index is 89.0. The molecule has 0 aromatic heterocycles. The van der Waals surface area contributed by atoms with Crippen LogP contribution < -0.4 is 0 Å². The van der Waals surface area contributed by atoms with E-state index in [9.17, 15) is 0 Å². The van der Waals surface area contributed by atoms with Crippen molar-refractivity contribution in [2.45, 2.75) is 45.4 Å². The van der Waals surface area contributed by atoms with Crippen LogP contribution in [0, 0.1) is 11.8 Å². The van der Waals surface area contributed by atoms with Crippen molar-refractivity contribution in [2.75, 3.05) is 5.88 Å². The van der Waals surface area contributed by atoms with Crippen LogP contribution in [-0.2, 0) is 0 Å². The molecule has 0 aromatic rings. The van der Waals surface area contributed by atoms with Gasteiger partial charge in [-0.2, -0.15) is 0 Å². The molecular weight excluding hydrogens is 156 g/mol. The van der Waals surface area contributed by atoms with Gasteiger partial charge in [-0.1, -0.05) is 32.6 Å². The van der Waals surface area contributed by atoms with E-state index in [1.807, 2.05) is 0 Å². The number of rotatable bonds is 2. The molecule has 0 N–H and O–H groups in total. The molecule has 1 aliphatic carbocycles. The van der Waals surface area contributed by atoms with Gasteiger partial charge in [-0.15, -0.1) is 11.6 Å². The Kier molecular flexibility index (Phi) is 4.29. The fraction of sp³-hybridized carbons (Fsp3) is 1.00. The largest absolute Gasteiger partial charge is 0.126 e. The second kappa shape index (κ2) is 5.03. The van der Waals surface area contributed by atoms with Crippen LogP contribution in [0.1, 0.15) is 45.4 Å². The standard InChI is InChI=1S/C10H19Cl/c1-2-9-4-3-5-10(8-11)7-6-9/h9-10H,2-8H2,1H3. The lowest BCUT2D eigenvalue weighted by Gasteiger charge is -2.10. The second-order valence-electron chi connectivity index (χ2n) is 3.80. The molecule has 11 heavy (non-hydrogen) atoms. The number of alkyl halides is 1. The molecule has 0 aromatic carbocycles. The van der Waals surface area contributed by atoms with Crippen LogP contribution >= 0.6 is 11.6 Å². The maximum absolute atomic E-state index is 5.84. The SMILES string of the molecule is CCC1CCCC(CCl)CC1. The highest BCUT2D eigenvalue weighted by molar-refractivity contribution is 6.18. The highest BCUT2D eigenvalue weighted by atomic mass is 35.5. The Balaban J connectivity index is 2.27. The summed E-state index contributed by atoms with van der Waals surface area (Å²) in [6, 6.07) is 0. The van der Waals surface area contributed by atoms with Gasteiger partial charge in [0.25, 0.3) is 0 Å². The Morgan fingerprint density at radius 2 is 1.73 bits per heavy atom. The van der Waals surface area contributed by atoms with E-state index < -0.39 is 0 Å². The first-order valence-electron chi connectivity index (χ1n) is 4.92. The molecule has 1 rings (SSSR count). The first-order chi connectivity index (χ1) is 5.36. The number of halogens is 1. The van der Waals surface area contributed by atoms with Gasteiger partial charge in [0.2, 0.25) is 0 Å². The summed E-state index contributed by atoms with van der Waals surface area (Å²) in [4.78, 5) is 0. The molecule has 0 nitrogen and oxygen atoms in total. The van der Waals surface area contributed by atoms with Gasteiger partial charge >= 0.3 is 0 Å². The summed E-state index contributed by atoms with van der Waals surface area (Å²) < 4.78 is 0. The Morgan fingerprint density at radius 3 is 2.36 bits per heavy atom. The molecule has 0 amide bonds. The zero-order valence-corrected chi connectivity index (χ0v) is 8.24. The molecule has 0 bridgehead atoms. The molecule has 1 fully saturated rings. The van der Waals surface area contributed by atoms with Gasteiger partial charge in [0.15, 0.2) is 0 Å². The van der Waals surface area contributed by atoms with E-state index in [1.54, 1.807) is 0 Å². The normalized spacial score (nSPS) is 33.3. The zero-order chi connectivity index (χ0) is 8.10. The van der Waals surface area contributed by atoms with Gasteiger partial charge in [-0.05, 0) is 24.7 Å². The summed E-state index contributed by atoms with van der Waals surface area (Å²) in [6.07, 6.45) is 8.41. The maximum Gasteiger partial charge on any atom is 0.0251 e. The van der Waals surface area contributed by atoms with Crippen LogP contribution in [0.4, 0.5) is 0 Å². The molecule has 0 heterocycles. The monoisotopic (exact) mass is 174 g/mol. The first-order valence-corrected chi connectivity index (χ1v) is 5.46. The quantitative estimate of drug-likeness (QED) is 0.441. The van der Waals surface area contributed by atoms with Crippen molar-refractivity contribution >= 4 is 11.6 Å². The van der Waals surface area contributed by atoms with Crippen molar-refractivity contribution < 1.29 is 0 Å². The fourth-order valence-corrected chi connectivity index (χ4v) is 2.33. The third-order valence-electron chi connectivity index (χ3n) is 3.00. The molecule has 1 saturated carbocycles. The average Bonchev–Trinajstić information content (AvgIpc) is 2.28. The summed E-state index contributed by atoms with van der Waals surface area (Å²) in [5.41, 5.74) is 0. The zero-order valence-electron chi connectivity index (χ0n) is 7.48. The predicted octanol–water partition coefficient (Wildman–Crippen LogP) is 3.83. The van der Waals surface area contributed by atoms with Crippen molar-refractivity contribution in [1.82, 2.24) is 0 Å². The van der Waals surface area contributed by atoms with Gasteiger partial charge in [0.05, 0.1) is 0 Å². The van der Waals surface area contributed by atoms with E-state index in [-0.39, 0.29) is 0 Å². The van der Waals surface area contributed by atoms with Crippen LogP contribution in [0.15, 0.2) is 0 Å². The van der Waals surface area contributed by atoms with E-state index in [1.165, 1.54) is 38.5 Å². The van der Waals surface area contributed by atoms with Crippen LogP contribution in [0.25, 0.3) is 0 Å². The van der Waals surface area contributed by atoms with Gasteiger partial charge in [0, 0.05) is 5.88 Å². The van der Waals surface area contributed by atoms with E-state index >= 15 is 0 Å². The molecule has 1 aliphatic rings. The minimum absolute atomic E-state index is 0.827. The topological polar surface area (TPSA) is 0 Å². The lowest BCUT2D eigenvalue weighted by Crippen LogP contribution is -2.00. The van der Waals surface area contributed by atoms with Crippen LogP contribution in [0.3, 0.4) is 0 Å². The van der Waals surface area contributed by atoms with Gasteiger partial charge in [-0.25, -0.2) is 0 Å². The molecule has 0 spiro atoms. The Hall–Kier alpha value is 0.290. The highest BCUT2D eigenvalue weighted by Gasteiger charge is 2.16. The molecule has 0 saturated heterocycles. The second-order valence-corrected chi connectivity index (χ2v) is 4.11. The van der Waals surface area contributed by atoms with Crippen LogP contribution in [0.2, 0.25) is 0 Å². The maximum atomic E-state index is 5.84. The van der Waals surface area contributed by atoms with Crippen molar-refractivity contribution in [3.8, 4) is 0 Å². The van der Waals surface area contributed by atoms with Crippen molar-refractivity contribution in [1.29, 1.82) is 0 Å². The molecule has 2 atom stereocenters. The lowest BCUT2D eigenvalue weighted by atomic mass is 9.97. The van der Waals surface area contributed by atoms with Crippen molar-refractivity contribution in [3.05, 3.63) is 0 Å². The summed E-state index contributed by atoms with van der Waals surface area (Å²) in [5.74, 6) is 2.72. The molecule has 0 aliphatic heterocycles. The third-order valence-corrected chi connectivity index (χ3v) is 3.44. The first kappa shape index (κ1) is 9.38. The summed E-state index contributed by atoms with van der Waals surface area (Å²) >= 11 is 5.84. The molecular formula is C10H19Cl. The molecule has 2 unspecified atom stereocenters. The van der Waals surface area contributed by atoms with E-state index in [4.69, 9.17) is 11.6 Å². The lowest BCUT2D eigenvalue weighted by molar-refractivity contribution is 0.435. The van der Waals surface area contributed by atoms with Crippen molar-refractivity contribution in [3.63, 3.8) is 0 Å². The van der Waals surface area contributed by atoms with Crippen LogP contribution in [-0.4, -0.2) is 5.88 Å². The van der Waals surface area contributed by atoms with Gasteiger partial charge < -0.3 is 0 Å². The fourth-order valence-electron chi connectivity index (χ4n) is 2.02. The third kappa shape index (κ3) is 3.02.